The lowest BCUT2D eigenvalue weighted by molar-refractivity contribution is 0.414. The van der Waals surface area contributed by atoms with E-state index in [1.165, 1.54) is 11.3 Å². The third-order valence-corrected chi connectivity index (χ3v) is 3.43. The Morgan fingerprint density at radius 3 is 2.62 bits per heavy atom. The number of rotatable bonds is 6. The van der Waals surface area contributed by atoms with E-state index in [-0.39, 0.29) is 0 Å². The number of nitrogens with one attached hydrogen (secondary N) is 1. The van der Waals surface area contributed by atoms with Gasteiger partial charge >= 0.3 is 0 Å². The van der Waals surface area contributed by atoms with Gasteiger partial charge in [0.1, 0.15) is 5.75 Å². The molecule has 0 radical (unpaired) electrons. The quantitative estimate of drug-likeness (QED) is 0.883. The molecule has 0 saturated heterocycles. The maximum atomic E-state index is 5.31. The molecule has 4 nitrogen and oxygen atoms in total. The Labute approximate surface area is 127 Å². The van der Waals surface area contributed by atoms with E-state index in [0.29, 0.717) is 12.0 Å². The van der Waals surface area contributed by atoms with Crippen molar-refractivity contribution in [1.82, 2.24) is 15.1 Å². The molecule has 0 atom stereocenters. The standard InChI is InChI=1S/C17H25N3O/c1-12(2)17-14(10-18-13(3)4)11-19-20(17)15-7-6-8-16(9-15)21-5/h6-9,11-13,18H,10H2,1-5H3. The average Bonchev–Trinajstić information content (AvgIpc) is 2.89. The molecular formula is C17H25N3O. The highest BCUT2D eigenvalue weighted by atomic mass is 16.5. The molecule has 0 aliphatic heterocycles. The van der Waals surface area contributed by atoms with E-state index in [1.54, 1.807) is 7.11 Å². The second-order valence-corrected chi connectivity index (χ2v) is 5.86. The van der Waals surface area contributed by atoms with Gasteiger partial charge in [0.05, 0.1) is 24.7 Å². The highest BCUT2D eigenvalue weighted by molar-refractivity contribution is 5.41. The fourth-order valence-corrected chi connectivity index (χ4v) is 2.41. The Morgan fingerprint density at radius 1 is 1.24 bits per heavy atom. The summed E-state index contributed by atoms with van der Waals surface area (Å²) in [6.07, 6.45) is 1.96. The van der Waals surface area contributed by atoms with Gasteiger partial charge in [0.25, 0.3) is 0 Å². The second-order valence-electron chi connectivity index (χ2n) is 5.86. The molecule has 0 aliphatic carbocycles. The summed E-state index contributed by atoms with van der Waals surface area (Å²) < 4.78 is 7.33. The van der Waals surface area contributed by atoms with Crippen LogP contribution in [-0.2, 0) is 6.54 Å². The molecule has 0 unspecified atom stereocenters. The van der Waals surface area contributed by atoms with Gasteiger partial charge in [-0.3, -0.25) is 0 Å². The normalized spacial score (nSPS) is 11.4. The zero-order valence-corrected chi connectivity index (χ0v) is 13.6. The van der Waals surface area contributed by atoms with Gasteiger partial charge in [0, 0.05) is 24.2 Å². The fourth-order valence-electron chi connectivity index (χ4n) is 2.41. The van der Waals surface area contributed by atoms with Crippen molar-refractivity contribution in [2.75, 3.05) is 7.11 Å². The van der Waals surface area contributed by atoms with Crippen LogP contribution in [0.5, 0.6) is 5.75 Å². The minimum absolute atomic E-state index is 0.405. The third-order valence-electron chi connectivity index (χ3n) is 3.43. The lowest BCUT2D eigenvalue weighted by atomic mass is 10.1. The summed E-state index contributed by atoms with van der Waals surface area (Å²) in [5.74, 6) is 1.25. The lowest BCUT2D eigenvalue weighted by Crippen LogP contribution is -2.22. The third kappa shape index (κ3) is 3.64. The molecule has 2 rings (SSSR count). The topological polar surface area (TPSA) is 39.1 Å². The molecule has 2 aromatic rings. The van der Waals surface area contributed by atoms with Crippen molar-refractivity contribution in [3.8, 4) is 11.4 Å². The van der Waals surface area contributed by atoms with Gasteiger partial charge < -0.3 is 10.1 Å². The highest BCUT2D eigenvalue weighted by Crippen LogP contribution is 2.25. The van der Waals surface area contributed by atoms with Crippen LogP contribution in [0, 0.1) is 0 Å². The summed E-state index contributed by atoms with van der Waals surface area (Å²) in [5.41, 5.74) is 3.53. The van der Waals surface area contributed by atoms with Gasteiger partial charge in [-0.2, -0.15) is 5.10 Å². The van der Waals surface area contributed by atoms with Crippen LogP contribution < -0.4 is 10.1 Å². The summed E-state index contributed by atoms with van der Waals surface area (Å²) in [6.45, 7) is 9.55. The van der Waals surface area contributed by atoms with E-state index in [9.17, 15) is 0 Å². The number of aromatic nitrogens is 2. The Morgan fingerprint density at radius 2 is 2.00 bits per heavy atom. The average molecular weight is 287 g/mol. The minimum Gasteiger partial charge on any atom is -0.497 e. The Bertz CT molecular complexity index is 587. The zero-order valence-electron chi connectivity index (χ0n) is 13.6. The smallest absolute Gasteiger partial charge is 0.121 e. The van der Waals surface area contributed by atoms with E-state index in [4.69, 9.17) is 4.74 Å². The second kappa shape index (κ2) is 6.76. The van der Waals surface area contributed by atoms with Crippen LogP contribution in [0.3, 0.4) is 0 Å². The molecular weight excluding hydrogens is 262 g/mol. The molecule has 1 heterocycles. The lowest BCUT2D eigenvalue weighted by Gasteiger charge is -2.15. The first kappa shape index (κ1) is 15.6. The van der Waals surface area contributed by atoms with Gasteiger partial charge in [-0.15, -0.1) is 0 Å². The predicted octanol–water partition coefficient (Wildman–Crippen LogP) is 3.50. The highest BCUT2D eigenvalue weighted by Gasteiger charge is 2.15. The Kier molecular flexibility index (Phi) is 5.02. The van der Waals surface area contributed by atoms with Gasteiger partial charge in [-0.25, -0.2) is 4.68 Å². The molecule has 0 saturated carbocycles. The van der Waals surface area contributed by atoms with Gasteiger partial charge in [-0.1, -0.05) is 33.8 Å². The van der Waals surface area contributed by atoms with Crippen LogP contribution in [0.15, 0.2) is 30.5 Å². The Balaban J connectivity index is 2.39. The van der Waals surface area contributed by atoms with Crippen LogP contribution in [0.1, 0.15) is 44.9 Å². The molecule has 0 amide bonds. The summed E-state index contributed by atoms with van der Waals surface area (Å²) in [5, 5.41) is 8.05. The molecule has 21 heavy (non-hydrogen) atoms. The molecule has 114 valence electrons. The number of nitrogens with zero attached hydrogens (tertiary/aromatic N) is 2. The van der Waals surface area contributed by atoms with Crippen molar-refractivity contribution in [1.29, 1.82) is 0 Å². The summed E-state index contributed by atoms with van der Waals surface area (Å²) in [7, 11) is 1.68. The minimum atomic E-state index is 0.405. The van der Waals surface area contributed by atoms with Crippen molar-refractivity contribution in [2.45, 2.75) is 46.2 Å². The van der Waals surface area contributed by atoms with Gasteiger partial charge in [-0.05, 0) is 18.1 Å². The summed E-state index contributed by atoms with van der Waals surface area (Å²) >= 11 is 0. The van der Waals surface area contributed by atoms with Gasteiger partial charge in [0.2, 0.25) is 0 Å². The van der Waals surface area contributed by atoms with Crippen LogP contribution >= 0.6 is 0 Å². The number of ether oxygens (including phenoxy) is 1. The first-order valence-corrected chi connectivity index (χ1v) is 7.47. The van der Waals surface area contributed by atoms with E-state index in [0.717, 1.165) is 18.0 Å². The molecule has 0 bridgehead atoms. The fraction of sp³-hybridized carbons (Fsp3) is 0.471. The van der Waals surface area contributed by atoms with Crippen LogP contribution in [0.4, 0.5) is 0 Å². The van der Waals surface area contributed by atoms with Crippen molar-refractivity contribution in [3.63, 3.8) is 0 Å². The number of hydrogen-bond acceptors (Lipinski definition) is 3. The molecule has 0 aliphatic rings. The molecule has 1 N–H and O–H groups in total. The predicted molar refractivity (Wildman–Crippen MR) is 86.2 cm³/mol. The molecule has 0 fully saturated rings. The summed E-state index contributed by atoms with van der Waals surface area (Å²) in [6, 6.07) is 8.47. The van der Waals surface area contributed by atoms with E-state index < -0.39 is 0 Å². The first-order chi connectivity index (χ1) is 10.0. The van der Waals surface area contributed by atoms with Crippen molar-refractivity contribution >= 4 is 0 Å². The molecule has 1 aromatic heterocycles. The maximum Gasteiger partial charge on any atom is 0.121 e. The largest absolute Gasteiger partial charge is 0.497 e. The summed E-state index contributed by atoms with van der Waals surface area (Å²) in [4.78, 5) is 0. The van der Waals surface area contributed by atoms with Crippen LogP contribution in [-0.4, -0.2) is 22.9 Å². The van der Waals surface area contributed by atoms with E-state index in [1.807, 2.05) is 29.1 Å². The molecule has 0 spiro atoms. The van der Waals surface area contributed by atoms with Crippen LogP contribution in [0.2, 0.25) is 0 Å². The number of methoxy groups -OCH3 is 1. The molecule has 1 aromatic carbocycles. The van der Waals surface area contributed by atoms with Crippen molar-refractivity contribution in [3.05, 3.63) is 41.7 Å². The van der Waals surface area contributed by atoms with Crippen molar-refractivity contribution < 1.29 is 4.74 Å². The maximum absolute atomic E-state index is 5.31. The molecule has 4 heteroatoms. The van der Waals surface area contributed by atoms with E-state index >= 15 is 0 Å². The first-order valence-electron chi connectivity index (χ1n) is 7.47. The van der Waals surface area contributed by atoms with Crippen LogP contribution in [0.25, 0.3) is 5.69 Å². The van der Waals surface area contributed by atoms with Gasteiger partial charge in [0.15, 0.2) is 0 Å². The monoisotopic (exact) mass is 287 g/mol. The number of benzene rings is 1. The van der Waals surface area contributed by atoms with E-state index in [2.05, 4.69) is 44.2 Å². The zero-order chi connectivity index (χ0) is 15.4. The number of hydrogen-bond donors (Lipinski definition) is 1. The Hall–Kier alpha value is -1.81. The SMILES string of the molecule is COc1cccc(-n2ncc(CNC(C)C)c2C(C)C)c1. The van der Waals surface area contributed by atoms with Crippen molar-refractivity contribution in [2.24, 2.45) is 0 Å².